The zero-order chi connectivity index (χ0) is 7.28. The molecule has 0 aromatic heterocycles. The minimum absolute atomic E-state index is 0.189. The summed E-state index contributed by atoms with van der Waals surface area (Å²) in [6, 6.07) is -0.554. The normalized spacial score (nSPS) is 18.2. The van der Waals surface area contributed by atoms with E-state index in [1.807, 2.05) is 0 Å². The first kappa shape index (κ1) is 8.62. The van der Waals surface area contributed by atoms with Crippen molar-refractivity contribution >= 4 is 0 Å². The Morgan fingerprint density at radius 1 is 1.67 bits per heavy atom. The van der Waals surface area contributed by atoms with E-state index in [1.165, 1.54) is 0 Å². The lowest BCUT2D eigenvalue weighted by molar-refractivity contribution is 0.144. The maximum Gasteiger partial charge on any atom is 0.0894 e. The van der Waals surface area contributed by atoms with Gasteiger partial charge in [0.2, 0.25) is 0 Å². The third kappa shape index (κ3) is 3.24. The summed E-state index contributed by atoms with van der Waals surface area (Å²) in [5.74, 6) is 0. The SMILES string of the molecule is C/C=C\C(O)[C@H](N)CO. The Bertz CT molecular complexity index is 93.1. The highest BCUT2D eigenvalue weighted by Crippen LogP contribution is 1.90. The topological polar surface area (TPSA) is 66.5 Å². The molecular formula is C6H13NO2. The van der Waals surface area contributed by atoms with Gasteiger partial charge in [-0.25, -0.2) is 0 Å². The fourth-order valence-electron chi connectivity index (χ4n) is 0.448. The van der Waals surface area contributed by atoms with E-state index in [-0.39, 0.29) is 6.61 Å². The molecular weight excluding hydrogens is 118 g/mol. The molecule has 0 amide bonds. The minimum Gasteiger partial charge on any atom is -0.395 e. The molecule has 0 aliphatic rings. The van der Waals surface area contributed by atoms with E-state index in [2.05, 4.69) is 0 Å². The van der Waals surface area contributed by atoms with E-state index >= 15 is 0 Å². The van der Waals surface area contributed by atoms with Gasteiger partial charge in [0.15, 0.2) is 0 Å². The molecule has 0 aliphatic carbocycles. The van der Waals surface area contributed by atoms with Crippen molar-refractivity contribution in [3.05, 3.63) is 12.2 Å². The van der Waals surface area contributed by atoms with Gasteiger partial charge in [-0.05, 0) is 6.92 Å². The third-order valence-corrected chi connectivity index (χ3v) is 1.04. The Balaban J connectivity index is 3.58. The number of allylic oxidation sites excluding steroid dienone is 1. The van der Waals surface area contributed by atoms with Crippen molar-refractivity contribution in [2.45, 2.75) is 19.1 Å². The molecule has 1 unspecified atom stereocenters. The van der Waals surface area contributed by atoms with Gasteiger partial charge in [-0.15, -0.1) is 0 Å². The number of aliphatic hydroxyl groups excluding tert-OH is 2. The van der Waals surface area contributed by atoms with Crippen LogP contribution in [0, 0.1) is 0 Å². The van der Waals surface area contributed by atoms with Crippen LogP contribution in [-0.2, 0) is 0 Å². The van der Waals surface area contributed by atoms with E-state index in [4.69, 9.17) is 15.9 Å². The Labute approximate surface area is 54.8 Å². The molecule has 4 N–H and O–H groups in total. The second-order valence-corrected chi connectivity index (χ2v) is 1.86. The predicted molar refractivity (Wildman–Crippen MR) is 35.9 cm³/mol. The van der Waals surface area contributed by atoms with Gasteiger partial charge in [0.1, 0.15) is 0 Å². The summed E-state index contributed by atoms with van der Waals surface area (Å²) < 4.78 is 0. The summed E-state index contributed by atoms with van der Waals surface area (Å²) in [5.41, 5.74) is 5.25. The Hall–Kier alpha value is -0.380. The Morgan fingerprint density at radius 3 is 2.56 bits per heavy atom. The lowest BCUT2D eigenvalue weighted by Crippen LogP contribution is -2.36. The van der Waals surface area contributed by atoms with Gasteiger partial charge in [0.25, 0.3) is 0 Å². The average Bonchev–Trinajstić information content (AvgIpc) is 1.87. The number of hydrogen-bond donors (Lipinski definition) is 3. The van der Waals surface area contributed by atoms with Crippen LogP contribution < -0.4 is 5.73 Å². The molecule has 2 atom stereocenters. The second kappa shape index (κ2) is 4.49. The maximum absolute atomic E-state index is 8.95. The van der Waals surface area contributed by atoms with Crippen molar-refractivity contribution < 1.29 is 10.2 Å². The molecule has 0 aromatic rings. The molecule has 3 nitrogen and oxygen atoms in total. The molecule has 54 valence electrons. The largest absolute Gasteiger partial charge is 0.395 e. The summed E-state index contributed by atoms with van der Waals surface area (Å²) in [5, 5.41) is 17.4. The molecule has 0 saturated heterocycles. The van der Waals surface area contributed by atoms with E-state index < -0.39 is 12.1 Å². The number of rotatable bonds is 3. The highest BCUT2D eigenvalue weighted by atomic mass is 16.3. The van der Waals surface area contributed by atoms with Crippen LogP contribution in [0.5, 0.6) is 0 Å². The summed E-state index contributed by atoms with van der Waals surface area (Å²) in [6.07, 6.45) is 2.51. The van der Waals surface area contributed by atoms with Crippen LogP contribution in [0.15, 0.2) is 12.2 Å². The fraction of sp³-hybridized carbons (Fsp3) is 0.667. The first-order chi connectivity index (χ1) is 4.22. The molecule has 0 saturated carbocycles. The fourth-order valence-corrected chi connectivity index (χ4v) is 0.448. The van der Waals surface area contributed by atoms with Crippen LogP contribution in [0.4, 0.5) is 0 Å². The smallest absolute Gasteiger partial charge is 0.0894 e. The molecule has 0 fully saturated rings. The number of nitrogens with two attached hydrogens (primary N) is 1. The first-order valence-electron chi connectivity index (χ1n) is 2.89. The summed E-state index contributed by atoms with van der Waals surface area (Å²) in [4.78, 5) is 0. The van der Waals surface area contributed by atoms with Crippen molar-refractivity contribution in [3.63, 3.8) is 0 Å². The van der Waals surface area contributed by atoms with Gasteiger partial charge in [-0.2, -0.15) is 0 Å². The van der Waals surface area contributed by atoms with Gasteiger partial charge < -0.3 is 15.9 Å². The lowest BCUT2D eigenvalue weighted by Gasteiger charge is -2.10. The van der Waals surface area contributed by atoms with Crippen molar-refractivity contribution in [2.75, 3.05) is 6.61 Å². The zero-order valence-corrected chi connectivity index (χ0v) is 5.49. The number of hydrogen-bond acceptors (Lipinski definition) is 3. The summed E-state index contributed by atoms with van der Waals surface area (Å²) in [7, 11) is 0. The average molecular weight is 131 g/mol. The predicted octanol–water partition coefficient (Wildman–Crippen LogP) is -0.757. The van der Waals surface area contributed by atoms with E-state index in [0.29, 0.717) is 0 Å². The van der Waals surface area contributed by atoms with Gasteiger partial charge in [-0.3, -0.25) is 0 Å². The van der Waals surface area contributed by atoms with Gasteiger partial charge >= 0.3 is 0 Å². The minimum atomic E-state index is -0.722. The zero-order valence-electron chi connectivity index (χ0n) is 5.49. The molecule has 0 bridgehead atoms. The Kier molecular flexibility index (Phi) is 4.30. The summed E-state index contributed by atoms with van der Waals surface area (Å²) >= 11 is 0. The van der Waals surface area contributed by atoms with Crippen molar-refractivity contribution in [3.8, 4) is 0 Å². The monoisotopic (exact) mass is 131 g/mol. The lowest BCUT2D eigenvalue weighted by atomic mass is 10.2. The van der Waals surface area contributed by atoms with Crippen LogP contribution in [0.2, 0.25) is 0 Å². The van der Waals surface area contributed by atoms with Crippen LogP contribution in [0.3, 0.4) is 0 Å². The molecule has 0 heterocycles. The van der Waals surface area contributed by atoms with Crippen LogP contribution in [-0.4, -0.2) is 29.0 Å². The Morgan fingerprint density at radius 2 is 2.22 bits per heavy atom. The van der Waals surface area contributed by atoms with Crippen LogP contribution in [0.25, 0.3) is 0 Å². The molecule has 0 radical (unpaired) electrons. The van der Waals surface area contributed by atoms with E-state index in [1.54, 1.807) is 19.1 Å². The number of aliphatic hydroxyl groups is 2. The van der Waals surface area contributed by atoms with E-state index in [0.717, 1.165) is 0 Å². The van der Waals surface area contributed by atoms with Gasteiger partial charge in [0.05, 0.1) is 18.8 Å². The molecule has 0 rings (SSSR count). The van der Waals surface area contributed by atoms with E-state index in [9.17, 15) is 0 Å². The molecule has 0 spiro atoms. The quantitative estimate of drug-likeness (QED) is 0.441. The first-order valence-corrected chi connectivity index (χ1v) is 2.89. The van der Waals surface area contributed by atoms with Crippen molar-refractivity contribution in [1.82, 2.24) is 0 Å². The molecule has 0 aliphatic heterocycles. The third-order valence-electron chi connectivity index (χ3n) is 1.04. The molecule has 9 heavy (non-hydrogen) atoms. The highest BCUT2D eigenvalue weighted by Gasteiger charge is 2.07. The van der Waals surface area contributed by atoms with Gasteiger partial charge in [0, 0.05) is 0 Å². The van der Waals surface area contributed by atoms with Crippen LogP contribution >= 0.6 is 0 Å². The van der Waals surface area contributed by atoms with Crippen LogP contribution in [0.1, 0.15) is 6.92 Å². The maximum atomic E-state index is 8.95. The molecule has 0 aromatic carbocycles. The van der Waals surface area contributed by atoms with Crippen molar-refractivity contribution in [2.24, 2.45) is 5.73 Å². The molecule has 3 heteroatoms. The second-order valence-electron chi connectivity index (χ2n) is 1.86. The summed E-state index contributed by atoms with van der Waals surface area (Å²) in [6.45, 7) is 1.60. The van der Waals surface area contributed by atoms with Crippen molar-refractivity contribution in [1.29, 1.82) is 0 Å². The highest BCUT2D eigenvalue weighted by molar-refractivity contribution is 4.91. The standard InChI is InChI=1S/C6H13NO2/c1-2-3-6(9)5(7)4-8/h2-3,5-6,8-9H,4,7H2,1H3/b3-2-/t5-,6?/m1/s1. The van der Waals surface area contributed by atoms with Gasteiger partial charge in [-0.1, -0.05) is 12.2 Å².